The molecule has 0 aliphatic carbocycles. The molecule has 0 aliphatic heterocycles. The quantitative estimate of drug-likeness (QED) is 0.762. The lowest BCUT2D eigenvalue weighted by Crippen LogP contribution is -2.37. The molecule has 2 rings (SSSR count). The highest BCUT2D eigenvalue weighted by molar-refractivity contribution is 5.93. The van der Waals surface area contributed by atoms with Crippen LogP contribution in [-0.2, 0) is 0 Å². The van der Waals surface area contributed by atoms with Gasteiger partial charge in [0, 0.05) is 5.56 Å². The van der Waals surface area contributed by atoms with Crippen molar-refractivity contribution in [3.63, 3.8) is 0 Å². The summed E-state index contributed by atoms with van der Waals surface area (Å²) in [5.74, 6) is -0.254. The van der Waals surface area contributed by atoms with E-state index in [1.54, 1.807) is 6.07 Å². The summed E-state index contributed by atoms with van der Waals surface area (Å²) in [5.41, 5.74) is 2.07. The van der Waals surface area contributed by atoms with Gasteiger partial charge in [0.05, 0.1) is 18.3 Å². The van der Waals surface area contributed by atoms with Gasteiger partial charge in [0.25, 0.3) is 5.91 Å². The molecule has 5 nitrogen and oxygen atoms in total. The van der Waals surface area contributed by atoms with Crippen molar-refractivity contribution in [2.45, 2.75) is 19.4 Å². The third kappa shape index (κ3) is 3.20. The van der Waals surface area contributed by atoms with E-state index in [0.29, 0.717) is 12.1 Å². The second-order valence-corrected chi connectivity index (χ2v) is 4.29. The molecule has 0 saturated heterocycles. The van der Waals surface area contributed by atoms with Crippen LogP contribution in [0, 0.1) is 0 Å². The summed E-state index contributed by atoms with van der Waals surface area (Å²) in [4.78, 5) is 11.9. The zero-order valence-electron chi connectivity index (χ0n) is 10.8. The fraction of sp³-hybridized carbons (Fsp3) is 0.286. The number of nitrogens with zero attached hydrogens (tertiary/aromatic N) is 1. The first-order chi connectivity index (χ1) is 9.24. The number of amides is 1. The summed E-state index contributed by atoms with van der Waals surface area (Å²) < 4.78 is 0. The Morgan fingerprint density at radius 1 is 1.42 bits per heavy atom. The Morgan fingerprint density at radius 2 is 2.16 bits per heavy atom. The van der Waals surface area contributed by atoms with E-state index in [-0.39, 0.29) is 18.6 Å². The lowest BCUT2D eigenvalue weighted by atomic mass is 10.1. The van der Waals surface area contributed by atoms with Gasteiger partial charge in [-0.15, -0.1) is 0 Å². The maximum Gasteiger partial charge on any atom is 0.269 e. The molecule has 0 fully saturated rings. The Kier molecular flexibility index (Phi) is 4.30. The third-order valence-corrected chi connectivity index (χ3v) is 2.94. The number of aromatic amines is 1. The first-order valence-corrected chi connectivity index (χ1v) is 6.27. The second-order valence-electron chi connectivity index (χ2n) is 4.29. The Balaban J connectivity index is 2.11. The number of benzene rings is 1. The molecule has 0 bridgehead atoms. The lowest BCUT2D eigenvalue weighted by molar-refractivity contribution is 0.0910. The number of rotatable bonds is 5. The van der Waals surface area contributed by atoms with Crippen molar-refractivity contribution in [2.75, 3.05) is 6.61 Å². The topological polar surface area (TPSA) is 78.0 Å². The number of carbonyl (C=O) groups excluding carboxylic acids is 1. The van der Waals surface area contributed by atoms with Gasteiger partial charge in [0.1, 0.15) is 5.69 Å². The smallest absolute Gasteiger partial charge is 0.269 e. The van der Waals surface area contributed by atoms with Gasteiger partial charge >= 0.3 is 0 Å². The van der Waals surface area contributed by atoms with Crippen molar-refractivity contribution in [1.29, 1.82) is 0 Å². The van der Waals surface area contributed by atoms with E-state index < -0.39 is 0 Å². The Bertz CT molecular complexity index is 533. The molecule has 1 amide bonds. The van der Waals surface area contributed by atoms with Crippen LogP contribution in [0.2, 0.25) is 0 Å². The maximum absolute atomic E-state index is 11.9. The molecule has 19 heavy (non-hydrogen) atoms. The van der Waals surface area contributed by atoms with Crippen molar-refractivity contribution in [3.8, 4) is 11.3 Å². The average Bonchev–Trinajstić information content (AvgIpc) is 2.95. The predicted octanol–water partition coefficient (Wildman–Crippen LogP) is 1.58. The van der Waals surface area contributed by atoms with E-state index in [0.717, 1.165) is 11.3 Å². The molecule has 5 heteroatoms. The minimum atomic E-state index is -0.254. The van der Waals surface area contributed by atoms with E-state index in [1.165, 1.54) is 0 Å². The van der Waals surface area contributed by atoms with Crippen LogP contribution in [0.15, 0.2) is 36.4 Å². The van der Waals surface area contributed by atoms with E-state index in [1.807, 2.05) is 37.3 Å². The van der Waals surface area contributed by atoms with Gasteiger partial charge in [-0.2, -0.15) is 5.10 Å². The van der Waals surface area contributed by atoms with Crippen molar-refractivity contribution in [2.24, 2.45) is 0 Å². The van der Waals surface area contributed by atoms with Crippen molar-refractivity contribution in [1.82, 2.24) is 15.5 Å². The zero-order chi connectivity index (χ0) is 13.7. The fourth-order valence-electron chi connectivity index (χ4n) is 1.73. The number of carbonyl (C=O) groups is 1. The van der Waals surface area contributed by atoms with Gasteiger partial charge in [-0.25, -0.2) is 0 Å². The van der Waals surface area contributed by atoms with Crippen LogP contribution in [0.1, 0.15) is 23.8 Å². The summed E-state index contributed by atoms with van der Waals surface area (Å²) in [5, 5.41) is 18.6. The van der Waals surface area contributed by atoms with E-state index in [2.05, 4.69) is 15.5 Å². The molecule has 2 aromatic rings. The normalized spacial score (nSPS) is 12.1. The number of aliphatic hydroxyl groups excluding tert-OH is 1. The molecule has 0 aliphatic rings. The first kappa shape index (κ1) is 13.3. The van der Waals surface area contributed by atoms with Crippen molar-refractivity contribution in [3.05, 3.63) is 42.1 Å². The van der Waals surface area contributed by atoms with Crippen LogP contribution in [0.25, 0.3) is 11.3 Å². The van der Waals surface area contributed by atoms with Crippen LogP contribution < -0.4 is 5.32 Å². The summed E-state index contributed by atoms with van der Waals surface area (Å²) in [6.07, 6.45) is 0.682. The van der Waals surface area contributed by atoms with Gasteiger partial charge < -0.3 is 10.4 Å². The highest BCUT2D eigenvalue weighted by Crippen LogP contribution is 2.16. The second kappa shape index (κ2) is 6.15. The van der Waals surface area contributed by atoms with E-state index >= 15 is 0 Å². The molecule has 3 N–H and O–H groups in total. The van der Waals surface area contributed by atoms with Gasteiger partial charge in [-0.1, -0.05) is 37.3 Å². The minimum absolute atomic E-state index is 0.0675. The standard InChI is InChI=1S/C14H17N3O2/c1-2-11(9-18)15-14(19)13-8-12(16-17-13)10-6-4-3-5-7-10/h3-8,11,18H,2,9H2,1H3,(H,15,19)(H,16,17)/t11-/m0/s1. The summed E-state index contributed by atoms with van der Waals surface area (Å²) in [6, 6.07) is 11.1. The molecule has 1 atom stereocenters. The maximum atomic E-state index is 11.9. The average molecular weight is 259 g/mol. The largest absolute Gasteiger partial charge is 0.394 e. The molecular formula is C14H17N3O2. The molecular weight excluding hydrogens is 242 g/mol. The molecule has 0 spiro atoms. The highest BCUT2D eigenvalue weighted by atomic mass is 16.3. The SMILES string of the molecule is CC[C@@H](CO)NC(=O)c1cc(-c2ccccc2)n[nH]1. The minimum Gasteiger partial charge on any atom is -0.394 e. The number of hydrogen-bond acceptors (Lipinski definition) is 3. The molecule has 0 saturated carbocycles. The van der Waals surface area contributed by atoms with Gasteiger partial charge in [0.2, 0.25) is 0 Å². The number of aromatic nitrogens is 2. The summed E-state index contributed by atoms with van der Waals surface area (Å²) in [7, 11) is 0. The third-order valence-electron chi connectivity index (χ3n) is 2.94. The first-order valence-electron chi connectivity index (χ1n) is 6.27. The van der Waals surface area contributed by atoms with E-state index in [9.17, 15) is 4.79 Å². The monoisotopic (exact) mass is 259 g/mol. The predicted molar refractivity (Wildman–Crippen MR) is 72.7 cm³/mol. The fourth-order valence-corrected chi connectivity index (χ4v) is 1.73. The highest BCUT2D eigenvalue weighted by Gasteiger charge is 2.14. The van der Waals surface area contributed by atoms with Crippen LogP contribution >= 0.6 is 0 Å². The molecule has 100 valence electrons. The number of H-pyrrole nitrogens is 1. The Hall–Kier alpha value is -2.14. The van der Waals surface area contributed by atoms with Crippen LogP contribution in [0.5, 0.6) is 0 Å². The summed E-state index contributed by atoms with van der Waals surface area (Å²) in [6.45, 7) is 1.84. The van der Waals surface area contributed by atoms with Crippen LogP contribution in [0.4, 0.5) is 0 Å². The lowest BCUT2D eigenvalue weighted by Gasteiger charge is -2.12. The molecule has 1 aromatic heterocycles. The molecule has 1 aromatic carbocycles. The Labute approximate surface area is 111 Å². The van der Waals surface area contributed by atoms with E-state index in [4.69, 9.17) is 5.11 Å². The number of aliphatic hydroxyl groups is 1. The number of nitrogens with one attached hydrogen (secondary N) is 2. The molecule has 1 heterocycles. The van der Waals surface area contributed by atoms with Crippen LogP contribution in [0.3, 0.4) is 0 Å². The van der Waals surface area contributed by atoms with Crippen molar-refractivity contribution < 1.29 is 9.90 Å². The Morgan fingerprint density at radius 3 is 2.79 bits per heavy atom. The van der Waals surface area contributed by atoms with Crippen LogP contribution in [-0.4, -0.2) is 33.9 Å². The van der Waals surface area contributed by atoms with Gasteiger partial charge in [-0.3, -0.25) is 9.89 Å². The van der Waals surface area contributed by atoms with Crippen molar-refractivity contribution >= 4 is 5.91 Å². The number of hydrogen-bond donors (Lipinski definition) is 3. The summed E-state index contributed by atoms with van der Waals surface area (Å²) >= 11 is 0. The molecule has 0 unspecified atom stereocenters. The van der Waals surface area contributed by atoms with Gasteiger partial charge in [0.15, 0.2) is 0 Å². The zero-order valence-corrected chi connectivity index (χ0v) is 10.8. The van der Waals surface area contributed by atoms with Gasteiger partial charge in [-0.05, 0) is 12.5 Å². The molecule has 0 radical (unpaired) electrons.